The van der Waals surface area contributed by atoms with E-state index in [0.717, 1.165) is 50.5 Å². The van der Waals surface area contributed by atoms with Crippen molar-refractivity contribution in [1.82, 2.24) is 10.2 Å². The summed E-state index contributed by atoms with van der Waals surface area (Å²) in [6.07, 6.45) is 9.93. The summed E-state index contributed by atoms with van der Waals surface area (Å²) in [6.45, 7) is 12.5. The predicted octanol–water partition coefficient (Wildman–Crippen LogP) is 6.62. The second-order valence-corrected chi connectivity index (χ2v) is 14.7. The molecule has 1 heterocycles. The van der Waals surface area contributed by atoms with Crippen LogP contribution in [0.15, 0.2) is 27.7 Å². The van der Waals surface area contributed by atoms with Gasteiger partial charge in [0.05, 0.1) is 11.0 Å². The van der Waals surface area contributed by atoms with Gasteiger partial charge >= 0.3 is 0 Å². The summed E-state index contributed by atoms with van der Waals surface area (Å²) in [4.78, 5) is 27.4. The minimum absolute atomic E-state index is 0.00713. The van der Waals surface area contributed by atoms with Crippen LogP contribution in [0, 0.1) is 56.7 Å². The van der Waals surface area contributed by atoms with Crippen molar-refractivity contribution in [1.29, 1.82) is 5.26 Å². The van der Waals surface area contributed by atoms with Gasteiger partial charge in [-0.05, 0) is 79.1 Å². The molecule has 0 amide bonds. The number of Topliss-reactive ketones (excluding diaryl/α,β-unsaturated/α-hetero) is 1. The maximum atomic E-state index is 14.5. The number of carbonyl (C=O) groups is 2. The van der Waals surface area contributed by atoms with E-state index in [4.69, 9.17) is 4.42 Å². The van der Waals surface area contributed by atoms with Gasteiger partial charge in [0.2, 0.25) is 11.8 Å². The average molecular weight is 534 g/mol. The van der Waals surface area contributed by atoms with Crippen LogP contribution in [0.25, 0.3) is 0 Å². The molecule has 7 heteroatoms. The third-order valence-electron chi connectivity index (χ3n) is 12.5. The molecule has 1 aromatic rings. The Morgan fingerprint density at radius 3 is 2.44 bits per heavy atom. The molecule has 39 heavy (non-hydrogen) atoms. The number of carbonyl (C=O) groups excluding carboxylic acids is 2. The van der Waals surface area contributed by atoms with E-state index in [-0.39, 0.29) is 62.9 Å². The molecule has 8 atom stereocenters. The molecule has 0 bridgehead atoms. The van der Waals surface area contributed by atoms with E-state index in [0.29, 0.717) is 5.89 Å². The molecule has 0 unspecified atom stereocenters. The fourth-order valence-corrected chi connectivity index (χ4v) is 10.1. The number of hydrogen-bond acceptors (Lipinski definition) is 6. The summed E-state index contributed by atoms with van der Waals surface area (Å²) in [6, 6.07) is 2.15. The number of halogens is 1. The molecule has 3 saturated carbocycles. The van der Waals surface area contributed by atoms with Crippen molar-refractivity contribution in [3.8, 4) is 6.07 Å². The Kier molecular flexibility index (Phi) is 5.60. The Bertz CT molecular complexity index is 1370. The minimum Gasteiger partial charge on any atom is -0.422 e. The summed E-state index contributed by atoms with van der Waals surface area (Å²) in [7, 11) is 0. The van der Waals surface area contributed by atoms with Crippen LogP contribution < -0.4 is 0 Å². The molecule has 0 saturated heterocycles. The van der Waals surface area contributed by atoms with E-state index in [1.165, 1.54) is 0 Å². The molecule has 208 valence electrons. The van der Waals surface area contributed by atoms with Crippen LogP contribution in [0.1, 0.15) is 98.3 Å². The predicted molar refractivity (Wildman–Crippen MR) is 143 cm³/mol. The standard InChI is InChI=1S/C32H40FN3O3/c1-18-20-7-8-30(5)23(29(20,4)14-19(17-34)26(18)38)13-22(37)25-21-15-28(2,3)9-11-32(21,12-10-31(25,30)6)27-36-35-24(16-33)39-27/h13-14,18,20-21,25H,7-12,15-16H2,1-6H3/t18-,20-,21-,25-,29-,30+,31+,32-/m0/s1. The van der Waals surface area contributed by atoms with Crippen LogP contribution in [0.5, 0.6) is 0 Å². The first kappa shape index (κ1) is 26.6. The van der Waals surface area contributed by atoms with E-state index in [2.05, 4.69) is 50.9 Å². The zero-order chi connectivity index (χ0) is 28.2. The van der Waals surface area contributed by atoms with E-state index >= 15 is 0 Å². The first-order chi connectivity index (χ1) is 18.3. The molecule has 6 rings (SSSR count). The Balaban J connectivity index is 1.52. The van der Waals surface area contributed by atoms with Crippen LogP contribution >= 0.6 is 0 Å². The zero-order valence-electron chi connectivity index (χ0n) is 24.1. The molecule has 1 aromatic heterocycles. The highest BCUT2D eigenvalue weighted by Crippen LogP contribution is 2.73. The SMILES string of the molecule is C[C@@H]1C(=O)C(C#N)=C[C@]2(C)C3=CC(=O)[C@@H]4[C@@H]5CC(C)(C)CC[C@]5(c5nnc(CF)o5)CC[C@@]4(C)[C@]3(C)CC[C@@H]12. The molecule has 5 aliphatic carbocycles. The maximum absolute atomic E-state index is 14.5. The average Bonchev–Trinajstić information content (AvgIpc) is 3.37. The lowest BCUT2D eigenvalue weighted by Gasteiger charge is -2.68. The second-order valence-electron chi connectivity index (χ2n) is 14.7. The fraction of sp³-hybridized carbons (Fsp3) is 0.719. The Morgan fingerprint density at radius 1 is 1.05 bits per heavy atom. The highest BCUT2D eigenvalue weighted by molar-refractivity contribution is 6.02. The lowest BCUT2D eigenvalue weighted by Crippen LogP contribution is -2.65. The summed E-state index contributed by atoms with van der Waals surface area (Å²) in [5, 5.41) is 18.1. The lowest BCUT2D eigenvalue weighted by molar-refractivity contribution is -0.159. The van der Waals surface area contributed by atoms with Gasteiger partial charge in [0.15, 0.2) is 18.2 Å². The van der Waals surface area contributed by atoms with Gasteiger partial charge in [0, 0.05) is 17.3 Å². The monoisotopic (exact) mass is 533 g/mol. The number of alkyl halides is 1. The molecule has 0 spiro atoms. The first-order valence-electron chi connectivity index (χ1n) is 14.6. The van der Waals surface area contributed by atoms with Crippen molar-refractivity contribution in [3.63, 3.8) is 0 Å². The first-order valence-corrected chi connectivity index (χ1v) is 14.6. The van der Waals surface area contributed by atoms with E-state index in [1.807, 2.05) is 19.1 Å². The van der Waals surface area contributed by atoms with Gasteiger partial charge in [-0.2, -0.15) is 5.26 Å². The van der Waals surface area contributed by atoms with E-state index in [9.17, 15) is 19.2 Å². The molecule has 0 aromatic carbocycles. The van der Waals surface area contributed by atoms with Crippen LogP contribution in [0.3, 0.4) is 0 Å². The quantitative estimate of drug-likeness (QED) is 0.424. The number of nitrogens with zero attached hydrogens (tertiary/aromatic N) is 3. The minimum atomic E-state index is -0.789. The molecule has 6 nitrogen and oxygen atoms in total. The topological polar surface area (TPSA) is 96.8 Å². The largest absolute Gasteiger partial charge is 0.422 e. The van der Waals surface area contributed by atoms with Gasteiger partial charge in [0.25, 0.3) is 0 Å². The third-order valence-corrected chi connectivity index (χ3v) is 12.5. The van der Waals surface area contributed by atoms with E-state index < -0.39 is 17.5 Å². The number of nitriles is 1. The van der Waals surface area contributed by atoms with Crippen molar-refractivity contribution >= 4 is 11.6 Å². The van der Waals surface area contributed by atoms with Gasteiger partial charge in [-0.1, -0.05) is 53.2 Å². The number of allylic oxidation sites excluding steroid dienone is 4. The van der Waals surface area contributed by atoms with Crippen molar-refractivity contribution in [2.24, 2.45) is 45.3 Å². The number of fused-ring (bicyclic) bond motifs is 7. The third kappa shape index (κ3) is 3.29. The molecule has 0 aliphatic heterocycles. The lowest BCUT2D eigenvalue weighted by atomic mass is 9.35. The van der Waals surface area contributed by atoms with Crippen LogP contribution in [-0.2, 0) is 21.7 Å². The van der Waals surface area contributed by atoms with Gasteiger partial charge in [-0.15, -0.1) is 10.2 Å². The van der Waals surface area contributed by atoms with Crippen molar-refractivity contribution in [2.75, 3.05) is 0 Å². The maximum Gasteiger partial charge on any atom is 0.247 e. The molecule has 0 radical (unpaired) electrons. The Labute approximate surface area is 230 Å². The molecular formula is C32H40FN3O3. The Hall–Kier alpha value is -2.62. The Morgan fingerprint density at radius 2 is 1.77 bits per heavy atom. The molecule has 5 aliphatic rings. The molecular weight excluding hydrogens is 493 g/mol. The fourth-order valence-electron chi connectivity index (χ4n) is 10.1. The second kappa shape index (κ2) is 8.21. The normalized spacial score (nSPS) is 44.7. The summed E-state index contributed by atoms with van der Waals surface area (Å²) < 4.78 is 19.4. The van der Waals surface area contributed by atoms with Crippen LogP contribution in [-0.4, -0.2) is 21.8 Å². The van der Waals surface area contributed by atoms with Gasteiger partial charge in [0.1, 0.15) is 6.07 Å². The number of ketones is 2. The molecule has 3 fully saturated rings. The highest BCUT2D eigenvalue weighted by Gasteiger charge is 2.70. The summed E-state index contributed by atoms with van der Waals surface area (Å²) >= 11 is 0. The van der Waals surface area contributed by atoms with Gasteiger partial charge < -0.3 is 4.42 Å². The van der Waals surface area contributed by atoms with Crippen LogP contribution in [0.2, 0.25) is 0 Å². The van der Waals surface area contributed by atoms with Crippen molar-refractivity contribution in [2.45, 2.75) is 98.6 Å². The van der Waals surface area contributed by atoms with Gasteiger partial charge in [-0.3, -0.25) is 9.59 Å². The van der Waals surface area contributed by atoms with Crippen LogP contribution in [0.4, 0.5) is 4.39 Å². The van der Waals surface area contributed by atoms with Crippen molar-refractivity contribution < 1.29 is 18.4 Å². The summed E-state index contributed by atoms with van der Waals surface area (Å²) in [5.41, 5.74) is -0.132. The van der Waals surface area contributed by atoms with E-state index in [1.54, 1.807) is 0 Å². The number of aromatic nitrogens is 2. The smallest absolute Gasteiger partial charge is 0.247 e. The number of hydrogen-bond donors (Lipinski definition) is 0. The molecule has 0 N–H and O–H groups in total. The number of rotatable bonds is 2. The highest BCUT2D eigenvalue weighted by atomic mass is 19.1. The zero-order valence-corrected chi connectivity index (χ0v) is 24.1. The van der Waals surface area contributed by atoms with Gasteiger partial charge in [-0.25, -0.2) is 4.39 Å². The van der Waals surface area contributed by atoms with Crippen molar-refractivity contribution in [3.05, 3.63) is 35.1 Å². The summed E-state index contributed by atoms with van der Waals surface area (Å²) in [5.74, 6) is 0.189.